The van der Waals surface area contributed by atoms with E-state index in [0.29, 0.717) is 6.54 Å². The number of carbonyl (C=O) groups excluding carboxylic acids is 1. The number of carbonyl (C=O) groups is 1. The molecule has 1 fully saturated rings. The lowest BCUT2D eigenvalue weighted by molar-refractivity contribution is -0.120. The lowest BCUT2D eigenvalue weighted by Crippen LogP contribution is -2.39. The molecule has 0 aromatic rings. The first-order valence-corrected chi connectivity index (χ1v) is 7.25. The maximum absolute atomic E-state index is 11.2. The predicted octanol–water partition coefficient (Wildman–Crippen LogP) is 1.08. The van der Waals surface area contributed by atoms with Crippen molar-refractivity contribution in [2.24, 2.45) is 11.8 Å². The quantitative estimate of drug-likeness (QED) is 0.669. The number of hydrogen-bond donors (Lipinski definition) is 2. The molecule has 4 nitrogen and oxygen atoms in total. The van der Waals surface area contributed by atoms with E-state index in [9.17, 15) is 4.79 Å². The molecule has 2 unspecified atom stereocenters. The third-order valence-corrected chi connectivity index (χ3v) is 3.51. The number of unbranched alkanes of at least 4 members (excludes halogenated alkanes) is 1. The first-order valence-electron chi connectivity index (χ1n) is 7.25. The van der Waals surface area contributed by atoms with Crippen molar-refractivity contribution in [3.8, 4) is 0 Å². The van der Waals surface area contributed by atoms with E-state index in [1.807, 2.05) is 0 Å². The van der Waals surface area contributed by atoms with Gasteiger partial charge < -0.3 is 15.5 Å². The van der Waals surface area contributed by atoms with Gasteiger partial charge in [0.05, 0.1) is 6.54 Å². The third-order valence-electron chi connectivity index (χ3n) is 3.51. The molecule has 1 aliphatic rings. The Morgan fingerprint density at radius 3 is 2.50 bits per heavy atom. The van der Waals surface area contributed by atoms with Gasteiger partial charge in [-0.25, -0.2) is 0 Å². The maximum Gasteiger partial charge on any atom is 0.233 e. The highest BCUT2D eigenvalue weighted by atomic mass is 16.1. The third kappa shape index (κ3) is 6.36. The van der Waals surface area contributed by atoms with Crippen molar-refractivity contribution in [1.29, 1.82) is 0 Å². The molecule has 18 heavy (non-hydrogen) atoms. The molecule has 0 aromatic heterocycles. The summed E-state index contributed by atoms with van der Waals surface area (Å²) in [5, 5.41) is 5.77. The summed E-state index contributed by atoms with van der Waals surface area (Å²) >= 11 is 0. The Hall–Kier alpha value is -0.610. The van der Waals surface area contributed by atoms with Crippen LogP contribution >= 0.6 is 0 Å². The lowest BCUT2D eigenvalue weighted by atomic mass is 9.92. The molecule has 0 aliphatic carbocycles. The molecule has 0 radical (unpaired) electrons. The topological polar surface area (TPSA) is 44.4 Å². The summed E-state index contributed by atoms with van der Waals surface area (Å²) in [4.78, 5) is 13.8. The van der Waals surface area contributed by atoms with Gasteiger partial charge in [-0.15, -0.1) is 0 Å². The summed E-state index contributed by atoms with van der Waals surface area (Å²) in [5.74, 6) is 1.77. The molecule has 0 spiro atoms. The van der Waals surface area contributed by atoms with E-state index >= 15 is 0 Å². The van der Waals surface area contributed by atoms with Crippen LogP contribution in [0.1, 0.15) is 33.1 Å². The van der Waals surface area contributed by atoms with Crippen LogP contribution in [0.25, 0.3) is 0 Å². The molecule has 0 aromatic carbocycles. The van der Waals surface area contributed by atoms with Crippen LogP contribution in [-0.2, 0) is 4.79 Å². The molecule has 1 amide bonds. The summed E-state index contributed by atoms with van der Waals surface area (Å²) in [5.41, 5.74) is 0. The lowest BCUT2D eigenvalue weighted by Gasteiger charge is -2.34. The van der Waals surface area contributed by atoms with Crippen molar-refractivity contribution in [3.05, 3.63) is 0 Å². The molecule has 2 atom stereocenters. The van der Waals surface area contributed by atoms with Crippen LogP contribution in [0.3, 0.4) is 0 Å². The van der Waals surface area contributed by atoms with Gasteiger partial charge in [-0.1, -0.05) is 13.8 Å². The summed E-state index contributed by atoms with van der Waals surface area (Å²) in [7, 11) is 1.79. The van der Waals surface area contributed by atoms with Crippen LogP contribution in [0.5, 0.6) is 0 Å². The highest BCUT2D eigenvalue weighted by Crippen LogP contribution is 2.20. The summed E-state index contributed by atoms with van der Waals surface area (Å²) in [6.45, 7) is 9.59. The van der Waals surface area contributed by atoms with Gasteiger partial charge in [0.2, 0.25) is 5.91 Å². The van der Waals surface area contributed by atoms with Gasteiger partial charge in [-0.05, 0) is 44.7 Å². The molecule has 2 N–H and O–H groups in total. The first kappa shape index (κ1) is 15.4. The standard InChI is InChI=1S/C14H29N3O/c1-12-8-13(2)11-17(10-12)7-5-4-6-16-14(18)9-15-3/h12-13,15H,4-11H2,1-3H3,(H,16,18). The van der Waals surface area contributed by atoms with E-state index in [4.69, 9.17) is 0 Å². The van der Waals surface area contributed by atoms with Crippen molar-refractivity contribution in [2.75, 3.05) is 39.8 Å². The average Bonchev–Trinajstić information content (AvgIpc) is 2.27. The van der Waals surface area contributed by atoms with Gasteiger partial charge in [0.15, 0.2) is 0 Å². The maximum atomic E-state index is 11.2. The second-order valence-electron chi connectivity index (χ2n) is 5.79. The van der Waals surface area contributed by atoms with Gasteiger partial charge >= 0.3 is 0 Å². The zero-order valence-corrected chi connectivity index (χ0v) is 12.2. The fraction of sp³-hybridized carbons (Fsp3) is 0.929. The van der Waals surface area contributed by atoms with Crippen LogP contribution in [-0.4, -0.2) is 50.6 Å². The van der Waals surface area contributed by atoms with E-state index in [1.165, 1.54) is 32.5 Å². The largest absolute Gasteiger partial charge is 0.355 e. The van der Waals surface area contributed by atoms with Crippen LogP contribution in [0.15, 0.2) is 0 Å². The fourth-order valence-corrected chi connectivity index (χ4v) is 2.89. The number of hydrogen-bond acceptors (Lipinski definition) is 3. The van der Waals surface area contributed by atoms with Gasteiger partial charge in [0, 0.05) is 19.6 Å². The Bertz CT molecular complexity index is 235. The molecule has 0 saturated carbocycles. The van der Waals surface area contributed by atoms with Gasteiger partial charge in [0.25, 0.3) is 0 Å². The second kappa shape index (κ2) is 8.48. The molecular formula is C14H29N3O. The van der Waals surface area contributed by atoms with Crippen LogP contribution < -0.4 is 10.6 Å². The fourth-order valence-electron chi connectivity index (χ4n) is 2.89. The minimum Gasteiger partial charge on any atom is -0.355 e. The Labute approximate surface area is 111 Å². The molecule has 106 valence electrons. The second-order valence-corrected chi connectivity index (χ2v) is 5.79. The Balaban J connectivity index is 2.02. The summed E-state index contributed by atoms with van der Waals surface area (Å²) < 4.78 is 0. The van der Waals surface area contributed by atoms with Gasteiger partial charge in [-0.2, -0.15) is 0 Å². The zero-order chi connectivity index (χ0) is 13.4. The normalized spacial score (nSPS) is 25.1. The molecule has 1 rings (SSSR count). The SMILES string of the molecule is CNCC(=O)NCCCCN1CC(C)CC(C)C1. The van der Waals surface area contributed by atoms with Crippen LogP contribution in [0.2, 0.25) is 0 Å². The number of nitrogens with zero attached hydrogens (tertiary/aromatic N) is 1. The average molecular weight is 255 g/mol. The Kier molecular flexibility index (Phi) is 7.28. The van der Waals surface area contributed by atoms with Crippen molar-refractivity contribution in [3.63, 3.8) is 0 Å². The minimum absolute atomic E-state index is 0.0951. The monoisotopic (exact) mass is 255 g/mol. The van der Waals surface area contributed by atoms with Crippen LogP contribution in [0.4, 0.5) is 0 Å². The van der Waals surface area contributed by atoms with Crippen molar-refractivity contribution < 1.29 is 4.79 Å². The van der Waals surface area contributed by atoms with Crippen molar-refractivity contribution in [2.45, 2.75) is 33.1 Å². The zero-order valence-electron chi connectivity index (χ0n) is 12.2. The van der Waals surface area contributed by atoms with Crippen molar-refractivity contribution >= 4 is 5.91 Å². The van der Waals surface area contributed by atoms with E-state index < -0.39 is 0 Å². The Morgan fingerprint density at radius 1 is 1.22 bits per heavy atom. The number of amides is 1. The number of nitrogens with one attached hydrogen (secondary N) is 2. The minimum atomic E-state index is 0.0951. The molecule has 1 saturated heterocycles. The molecule has 4 heteroatoms. The number of rotatable bonds is 7. The number of likely N-dealkylation sites (N-methyl/N-ethyl adjacent to an activating group) is 1. The highest BCUT2D eigenvalue weighted by molar-refractivity contribution is 5.77. The van der Waals surface area contributed by atoms with Gasteiger partial charge in [0.1, 0.15) is 0 Å². The molecule has 1 aliphatic heterocycles. The summed E-state index contributed by atoms with van der Waals surface area (Å²) in [6.07, 6.45) is 3.63. The van der Waals surface area contributed by atoms with E-state index in [0.717, 1.165) is 24.8 Å². The number of likely N-dealkylation sites (tertiary alicyclic amines) is 1. The van der Waals surface area contributed by atoms with E-state index in [2.05, 4.69) is 29.4 Å². The number of piperidine rings is 1. The summed E-state index contributed by atoms with van der Waals surface area (Å²) in [6, 6.07) is 0. The Morgan fingerprint density at radius 2 is 1.89 bits per heavy atom. The van der Waals surface area contributed by atoms with Crippen LogP contribution in [0, 0.1) is 11.8 Å². The van der Waals surface area contributed by atoms with Crippen molar-refractivity contribution in [1.82, 2.24) is 15.5 Å². The highest BCUT2D eigenvalue weighted by Gasteiger charge is 2.20. The van der Waals surface area contributed by atoms with E-state index in [1.54, 1.807) is 7.05 Å². The smallest absolute Gasteiger partial charge is 0.233 e. The molecular weight excluding hydrogens is 226 g/mol. The first-order chi connectivity index (χ1) is 8.61. The predicted molar refractivity (Wildman–Crippen MR) is 75.6 cm³/mol. The van der Waals surface area contributed by atoms with Gasteiger partial charge in [-0.3, -0.25) is 4.79 Å². The molecule has 0 bridgehead atoms. The molecule has 1 heterocycles. The van der Waals surface area contributed by atoms with E-state index in [-0.39, 0.29) is 5.91 Å².